The minimum atomic E-state index is -1.03. The van der Waals surface area contributed by atoms with Gasteiger partial charge in [-0.1, -0.05) is 0 Å². The number of carbonyl (C=O) groups is 4. The fourth-order valence-electron chi connectivity index (χ4n) is 4.55. The number of amides is 3. The van der Waals surface area contributed by atoms with E-state index in [9.17, 15) is 19.2 Å². The van der Waals surface area contributed by atoms with E-state index in [2.05, 4.69) is 0 Å². The Labute approximate surface area is 185 Å². The molecule has 1 aromatic rings. The first-order valence-electron chi connectivity index (χ1n) is 10.8. The molecule has 3 aliphatic heterocycles. The fraction of sp³-hybridized carbons (Fsp3) is 0.545. The van der Waals surface area contributed by atoms with Crippen molar-refractivity contribution >= 4 is 23.9 Å². The molecular weight excluding hydrogens is 418 g/mol. The largest absolute Gasteiger partial charge is 0.459 e. The van der Waals surface area contributed by atoms with Gasteiger partial charge in [0.2, 0.25) is 0 Å². The summed E-state index contributed by atoms with van der Waals surface area (Å²) in [5.74, 6) is -0.683. The second kappa shape index (κ2) is 8.68. The Morgan fingerprint density at radius 2 is 1.62 bits per heavy atom. The lowest BCUT2D eigenvalue weighted by atomic mass is 9.82. The van der Waals surface area contributed by atoms with Crippen LogP contribution >= 0.6 is 0 Å². The normalized spacial score (nSPS) is 20.6. The Bertz CT molecular complexity index is 937. The molecule has 0 aromatic carbocycles. The molecule has 4 rings (SSSR count). The van der Waals surface area contributed by atoms with E-state index in [0.717, 1.165) is 0 Å². The van der Waals surface area contributed by atoms with Crippen LogP contribution in [0.25, 0.3) is 0 Å². The van der Waals surface area contributed by atoms with E-state index in [-0.39, 0.29) is 24.2 Å². The number of ether oxygens (including phenoxy) is 2. The average Bonchev–Trinajstić information content (AvgIpc) is 3.41. The molecule has 2 saturated heterocycles. The van der Waals surface area contributed by atoms with Crippen LogP contribution in [0, 0.1) is 0 Å². The van der Waals surface area contributed by atoms with Gasteiger partial charge in [0.05, 0.1) is 18.4 Å². The Morgan fingerprint density at radius 1 is 1.00 bits per heavy atom. The van der Waals surface area contributed by atoms with Crippen molar-refractivity contribution < 1.29 is 33.1 Å². The van der Waals surface area contributed by atoms with Crippen LogP contribution < -0.4 is 0 Å². The van der Waals surface area contributed by atoms with Gasteiger partial charge in [-0.25, -0.2) is 9.59 Å². The monoisotopic (exact) mass is 445 g/mol. The number of rotatable bonds is 3. The molecule has 3 amide bonds. The van der Waals surface area contributed by atoms with E-state index >= 15 is 0 Å². The maximum Gasteiger partial charge on any atom is 0.409 e. The molecule has 0 bridgehead atoms. The summed E-state index contributed by atoms with van der Waals surface area (Å²) in [5.41, 5.74) is -0.340. The summed E-state index contributed by atoms with van der Waals surface area (Å²) in [4.78, 5) is 55.3. The van der Waals surface area contributed by atoms with Gasteiger partial charge >= 0.3 is 12.1 Å². The minimum Gasteiger partial charge on any atom is -0.459 e. The minimum absolute atomic E-state index is 0.209. The van der Waals surface area contributed by atoms with Gasteiger partial charge in [-0.2, -0.15) is 0 Å². The third-order valence-electron chi connectivity index (χ3n) is 6.32. The first kappa shape index (κ1) is 21.9. The summed E-state index contributed by atoms with van der Waals surface area (Å²) < 4.78 is 15.9. The van der Waals surface area contributed by atoms with Gasteiger partial charge in [-0.05, 0) is 26.0 Å². The molecule has 0 atom stereocenters. The van der Waals surface area contributed by atoms with E-state index < -0.39 is 17.7 Å². The van der Waals surface area contributed by atoms with Crippen molar-refractivity contribution in [3.8, 4) is 0 Å². The number of hydrogen-bond acceptors (Lipinski definition) is 7. The molecule has 0 N–H and O–H groups in total. The Morgan fingerprint density at radius 3 is 2.19 bits per heavy atom. The number of carbonyl (C=O) groups excluding carboxylic acids is 4. The van der Waals surface area contributed by atoms with Gasteiger partial charge in [0.15, 0.2) is 5.76 Å². The number of likely N-dealkylation sites (tertiary alicyclic amines) is 1. The van der Waals surface area contributed by atoms with Crippen molar-refractivity contribution in [1.82, 2.24) is 14.7 Å². The zero-order valence-corrected chi connectivity index (χ0v) is 18.3. The quantitative estimate of drug-likeness (QED) is 0.648. The topological polar surface area (TPSA) is 110 Å². The first-order chi connectivity index (χ1) is 15.4. The highest BCUT2D eigenvalue weighted by Gasteiger charge is 2.52. The second-order valence-corrected chi connectivity index (χ2v) is 8.13. The van der Waals surface area contributed by atoms with E-state index in [1.807, 2.05) is 0 Å². The SMILES string of the molecule is CCOC(=O)N1CCC2(CC1)OC(=O)C(C)=C2C(=O)N1CCN(C(=O)c2ccco2)CC1. The summed E-state index contributed by atoms with van der Waals surface area (Å²) in [6.45, 7) is 5.75. The van der Waals surface area contributed by atoms with Crippen LogP contribution in [0.5, 0.6) is 0 Å². The lowest BCUT2D eigenvalue weighted by Gasteiger charge is -2.41. The highest BCUT2D eigenvalue weighted by molar-refractivity contribution is 6.07. The molecular formula is C22H27N3O7. The van der Waals surface area contributed by atoms with E-state index in [0.29, 0.717) is 63.3 Å². The lowest BCUT2D eigenvalue weighted by molar-refractivity contribution is -0.151. The fourth-order valence-corrected chi connectivity index (χ4v) is 4.55. The molecule has 1 spiro atoms. The lowest BCUT2D eigenvalue weighted by Crippen LogP contribution is -2.54. The molecule has 10 heteroatoms. The highest BCUT2D eigenvalue weighted by atomic mass is 16.6. The van der Waals surface area contributed by atoms with Crippen LogP contribution in [-0.2, 0) is 19.1 Å². The van der Waals surface area contributed by atoms with Crippen LogP contribution in [0.3, 0.4) is 0 Å². The Hall–Kier alpha value is -3.30. The van der Waals surface area contributed by atoms with Crippen molar-refractivity contribution in [3.05, 3.63) is 35.3 Å². The van der Waals surface area contributed by atoms with Crippen molar-refractivity contribution in [2.75, 3.05) is 45.9 Å². The van der Waals surface area contributed by atoms with Gasteiger partial charge in [-0.15, -0.1) is 0 Å². The van der Waals surface area contributed by atoms with E-state index in [4.69, 9.17) is 13.9 Å². The molecule has 1 aromatic heterocycles. The van der Waals surface area contributed by atoms with Crippen LogP contribution in [0.4, 0.5) is 4.79 Å². The van der Waals surface area contributed by atoms with Crippen LogP contribution in [0.15, 0.2) is 34.0 Å². The second-order valence-electron chi connectivity index (χ2n) is 8.13. The summed E-state index contributed by atoms with van der Waals surface area (Å²) in [6, 6.07) is 3.27. The van der Waals surface area contributed by atoms with Gasteiger partial charge in [-0.3, -0.25) is 9.59 Å². The molecule has 32 heavy (non-hydrogen) atoms. The maximum absolute atomic E-state index is 13.5. The average molecular weight is 445 g/mol. The first-order valence-corrected chi connectivity index (χ1v) is 10.8. The number of esters is 1. The molecule has 4 heterocycles. The smallest absolute Gasteiger partial charge is 0.409 e. The van der Waals surface area contributed by atoms with Gasteiger partial charge in [0.25, 0.3) is 11.8 Å². The number of hydrogen-bond donors (Lipinski definition) is 0. The number of furan rings is 1. The summed E-state index contributed by atoms with van der Waals surface area (Å²) in [7, 11) is 0. The van der Waals surface area contributed by atoms with Crippen LogP contribution in [0.1, 0.15) is 37.2 Å². The van der Waals surface area contributed by atoms with Gasteiger partial charge in [0.1, 0.15) is 5.60 Å². The van der Waals surface area contributed by atoms with Crippen LogP contribution in [0.2, 0.25) is 0 Å². The Balaban J connectivity index is 1.44. The molecule has 3 aliphatic rings. The standard InChI is InChI=1S/C22H27N3O7/c1-3-30-21(29)25-8-6-22(7-9-25)17(15(2)20(28)32-22)19(27)24-12-10-23(11-13-24)18(26)16-5-4-14-31-16/h4-5,14H,3,6-13H2,1-2H3. The third kappa shape index (κ3) is 3.85. The van der Waals surface area contributed by atoms with Crippen molar-refractivity contribution in [2.45, 2.75) is 32.3 Å². The zero-order chi connectivity index (χ0) is 22.9. The summed E-state index contributed by atoms with van der Waals surface area (Å²) in [5, 5.41) is 0. The van der Waals surface area contributed by atoms with E-state index in [1.54, 1.807) is 40.7 Å². The molecule has 0 radical (unpaired) electrons. The number of piperidine rings is 1. The predicted octanol–water partition coefficient (Wildman–Crippen LogP) is 1.43. The van der Waals surface area contributed by atoms with Crippen molar-refractivity contribution in [2.24, 2.45) is 0 Å². The Kier molecular flexibility index (Phi) is 5.94. The van der Waals surface area contributed by atoms with Gasteiger partial charge < -0.3 is 28.6 Å². The highest BCUT2D eigenvalue weighted by Crippen LogP contribution is 2.42. The van der Waals surface area contributed by atoms with E-state index in [1.165, 1.54) is 6.26 Å². The zero-order valence-electron chi connectivity index (χ0n) is 18.3. The molecule has 172 valence electrons. The number of piperazine rings is 1. The predicted molar refractivity (Wildman–Crippen MR) is 111 cm³/mol. The van der Waals surface area contributed by atoms with Gasteiger partial charge in [0, 0.05) is 57.7 Å². The van der Waals surface area contributed by atoms with Crippen LogP contribution in [-0.4, -0.2) is 90.1 Å². The molecule has 0 unspecified atom stereocenters. The molecule has 10 nitrogen and oxygen atoms in total. The molecule has 2 fully saturated rings. The van der Waals surface area contributed by atoms with Crippen molar-refractivity contribution in [3.63, 3.8) is 0 Å². The number of nitrogens with zero attached hydrogens (tertiary/aromatic N) is 3. The molecule has 0 saturated carbocycles. The summed E-state index contributed by atoms with van der Waals surface area (Å²) >= 11 is 0. The summed E-state index contributed by atoms with van der Waals surface area (Å²) in [6.07, 6.45) is 1.73. The third-order valence-corrected chi connectivity index (χ3v) is 6.32. The maximum atomic E-state index is 13.5. The van der Waals surface area contributed by atoms with Crippen molar-refractivity contribution in [1.29, 1.82) is 0 Å². The molecule has 0 aliphatic carbocycles.